The SMILES string of the molecule is CCCCCC/C=C\CC(O)CC(=O)NC(CO)C(O)/C=C/CCCCCCCCCCCCCCCCCCCCCCCCC. The Kier molecular flexibility index (Phi) is 36.7. The second-order valence-corrected chi connectivity index (χ2v) is 14.3. The van der Waals surface area contributed by atoms with E-state index in [4.69, 9.17) is 0 Å². The van der Waals surface area contributed by atoms with Crippen LogP contribution in [0.2, 0.25) is 0 Å². The second-order valence-electron chi connectivity index (χ2n) is 14.3. The summed E-state index contributed by atoms with van der Waals surface area (Å²) in [6, 6.07) is -0.755. The van der Waals surface area contributed by atoms with E-state index >= 15 is 0 Å². The van der Waals surface area contributed by atoms with Crippen molar-refractivity contribution < 1.29 is 20.1 Å². The van der Waals surface area contributed by atoms with Crippen molar-refractivity contribution in [3.8, 4) is 0 Å². The number of hydrogen-bond acceptors (Lipinski definition) is 4. The van der Waals surface area contributed by atoms with Gasteiger partial charge in [0.15, 0.2) is 0 Å². The molecule has 0 aliphatic carbocycles. The van der Waals surface area contributed by atoms with Crippen LogP contribution in [0.4, 0.5) is 0 Å². The molecule has 1 amide bonds. The highest BCUT2D eigenvalue weighted by Gasteiger charge is 2.19. The molecular formula is C42H81NO4. The molecule has 4 N–H and O–H groups in total. The van der Waals surface area contributed by atoms with Crippen LogP contribution in [0.1, 0.15) is 213 Å². The van der Waals surface area contributed by atoms with Crippen LogP contribution in [0, 0.1) is 0 Å². The lowest BCUT2D eigenvalue weighted by atomic mass is 10.0. The van der Waals surface area contributed by atoms with Gasteiger partial charge in [-0.2, -0.15) is 0 Å². The van der Waals surface area contributed by atoms with Gasteiger partial charge < -0.3 is 20.6 Å². The minimum absolute atomic E-state index is 0.0351. The molecule has 0 rings (SSSR count). The van der Waals surface area contributed by atoms with Gasteiger partial charge in [-0.1, -0.05) is 199 Å². The van der Waals surface area contributed by atoms with Gasteiger partial charge in [0.2, 0.25) is 5.91 Å². The fourth-order valence-corrected chi connectivity index (χ4v) is 6.28. The first-order valence-corrected chi connectivity index (χ1v) is 20.6. The highest BCUT2D eigenvalue weighted by atomic mass is 16.3. The Labute approximate surface area is 292 Å². The molecule has 0 aromatic heterocycles. The summed E-state index contributed by atoms with van der Waals surface area (Å²) in [5.74, 6) is -0.352. The zero-order valence-electron chi connectivity index (χ0n) is 31.4. The second kappa shape index (κ2) is 37.6. The topological polar surface area (TPSA) is 89.8 Å². The predicted octanol–water partition coefficient (Wildman–Crippen LogP) is 11.4. The minimum atomic E-state index is -0.936. The lowest BCUT2D eigenvalue weighted by Gasteiger charge is -2.20. The van der Waals surface area contributed by atoms with Gasteiger partial charge in [-0.3, -0.25) is 4.79 Å². The maximum absolute atomic E-state index is 12.3. The molecule has 3 unspecified atom stereocenters. The maximum Gasteiger partial charge on any atom is 0.223 e. The number of carbonyl (C=O) groups excluding carboxylic acids is 1. The monoisotopic (exact) mass is 664 g/mol. The molecule has 0 heterocycles. The Balaban J connectivity index is 3.57. The zero-order valence-corrected chi connectivity index (χ0v) is 31.4. The van der Waals surface area contributed by atoms with Gasteiger partial charge in [0.1, 0.15) is 0 Å². The van der Waals surface area contributed by atoms with Crippen molar-refractivity contribution in [2.75, 3.05) is 6.61 Å². The molecule has 0 bridgehead atoms. The van der Waals surface area contributed by atoms with E-state index in [0.717, 1.165) is 25.7 Å². The third-order valence-electron chi connectivity index (χ3n) is 9.48. The maximum atomic E-state index is 12.3. The van der Waals surface area contributed by atoms with Crippen LogP contribution in [-0.4, -0.2) is 46.1 Å². The average Bonchev–Trinajstić information content (AvgIpc) is 3.06. The number of carbonyl (C=O) groups is 1. The molecule has 47 heavy (non-hydrogen) atoms. The van der Waals surface area contributed by atoms with E-state index in [2.05, 4.69) is 25.2 Å². The fourth-order valence-electron chi connectivity index (χ4n) is 6.28. The molecule has 0 aliphatic rings. The normalized spacial score (nSPS) is 13.9. The number of aliphatic hydroxyl groups is 3. The van der Waals surface area contributed by atoms with Gasteiger partial charge in [0.05, 0.1) is 31.3 Å². The van der Waals surface area contributed by atoms with Gasteiger partial charge in [-0.25, -0.2) is 0 Å². The van der Waals surface area contributed by atoms with Crippen LogP contribution in [0.15, 0.2) is 24.3 Å². The summed E-state index contributed by atoms with van der Waals surface area (Å²) in [5, 5.41) is 32.9. The largest absolute Gasteiger partial charge is 0.394 e. The number of rotatable bonds is 37. The lowest BCUT2D eigenvalue weighted by molar-refractivity contribution is -0.124. The van der Waals surface area contributed by atoms with E-state index < -0.39 is 18.2 Å². The number of aliphatic hydroxyl groups excluding tert-OH is 3. The number of unbranched alkanes of at least 4 members (excludes halogenated alkanes) is 27. The van der Waals surface area contributed by atoms with Crippen LogP contribution in [0.5, 0.6) is 0 Å². The van der Waals surface area contributed by atoms with Crippen LogP contribution in [0.3, 0.4) is 0 Å². The quantitative estimate of drug-likeness (QED) is 0.0393. The summed E-state index contributed by atoms with van der Waals surface area (Å²) in [6.07, 6.45) is 45.0. The van der Waals surface area contributed by atoms with E-state index in [1.807, 2.05) is 12.2 Å². The van der Waals surface area contributed by atoms with Crippen molar-refractivity contribution in [1.82, 2.24) is 5.32 Å². The fraction of sp³-hybridized carbons (Fsp3) is 0.881. The minimum Gasteiger partial charge on any atom is -0.394 e. The first-order valence-electron chi connectivity index (χ1n) is 20.6. The van der Waals surface area contributed by atoms with Gasteiger partial charge in [-0.15, -0.1) is 0 Å². The van der Waals surface area contributed by atoms with E-state index in [9.17, 15) is 20.1 Å². The smallest absolute Gasteiger partial charge is 0.223 e. The van der Waals surface area contributed by atoms with Crippen LogP contribution in [-0.2, 0) is 4.79 Å². The molecule has 0 aliphatic heterocycles. The molecule has 0 fully saturated rings. The number of hydrogen-bond donors (Lipinski definition) is 4. The average molecular weight is 664 g/mol. The van der Waals surface area contributed by atoms with E-state index in [1.54, 1.807) is 6.08 Å². The van der Waals surface area contributed by atoms with Crippen molar-refractivity contribution in [2.45, 2.75) is 231 Å². The van der Waals surface area contributed by atoms with Crippen LogP contribution >= 0.6 is 0 Å². The first kappa shape index (κ1) is 45.8. The first-order chi connectivity index (χ1) is 23.0. The molecule has 5 nitrogen and oxygen atoms in total. The standard InChI is InChI=1S/C42H81NO4/c1-3-5-7-9-11-12-13-14-15-16-17-18-19-20-21-22-23-24-25-26-27-28-30-32-34-36-41(46)40(38-44)43-42(47)37-39(45)35-33-31-29-10-8-6-4-2/h31,33-34,36,39-41,44-46H,3-30,32,35,37-38H2,1-2H3,(H,43,47)/b33-31-,36-34+. The lowest BCUT2D eigenvalue weighted by Crippen LogP contribution is -2.45. The van der Waals surface area contributed by atoms with Crippen molar-refractivity contribution >= 4 is 5.91 Å². The van der Waals surface area contributed by atoms with Gasteiger partial charge in [0.25, 0.3) is 0 Å². The molecule has 0 saturated carbocycles. The zero-order chi connectivity index (χ0) is 34.5. The molecule has 0 saturated heterocycles. The van der Waals surface area contributed by atoms with E-state index in [0.29, 0.717) is 6.42 Å². The Morgan fingerprint density at radius 1 is 0.532 bits per heavy atom. The molecule has 5 heteroatoms. The predicted molar refractivity (Wildman–Crippen MR) is 204 cm³/mol. The third kappa shape index (κ3) is 34.5. The highest BCUT2D eigenvalue weighted by Crippen LogP contribution is 2.16. The number of amides is 1. The Morgan fingerprint density at radius 2 is 0.894 bits per heavy atom. The Hall–Kier alpha value is -1.17. The van der Waals surface area contributed by atoms with Crippen LogP contribution in [0.25, 0.3) is 0 Å². The summed E-state index contributed by atoms with van der Waals surface area (Å²) in [6.45, 7) is 4.14. The molecule has 0 spiro atoms. The Bertz CT molecular complexity index is 694. The summed E-state index contributed by atoms with van der Waals surface area (Å²) in [7, 11) is 0. The molecule has 0 aromatic rings. The summed E-state index contributed by atoms with van der Waals surface area (Å²) in [5.41, 5.74) is 0. The van der Waals surface area contributed by atoms with Crippen LogP contribution < -0.4 is 5.32 Å². The highest BCUT2D eigenvalue weighted by molar-refractivity contribution is 5.76. The van der Waals surface area contributed by atoms with Gasteiger partial charge in [0, 0.05) is 0 Å². The van der Waals surface area contributed by atoms with E-state index in [-0.39, 0.29) is 18.9 Å². The van der Waals surface area contributed by atoms with Gasteiger partial charge >= 0.3 is 0 Å². The third-order valence-corrected chi connectivity index (χ3v) is 9.48. The summed E-state index contributed by atoms with van der Waals surface area (Å²) >= 11 is 0. The summed E-state index contributed by atoms with van der Waals surface area (Å²) in [4.78, 5) is 12.3. The molecule has 3 atom stereocenters. The molecule has 0 aromatic carbocycles. The van der Waals surface area contributed by atoms with Gasteiger partial charge in [-0.05, 0) is 32.1 Å². The van der Waals surface area contributed by atoms with Crippen molar-refractivity contribution in [3.63, 3.8) is 0 Å². The van der Waals surface area contributed by atoms with Crippen molar-refractivity contribution in [3.05, 3.63) is 24.3 Å². The van der Waals surface area contributed by atoms with Crippen molar-refractivity contribution in [2.24, 2.45) is 0 Å². The van der Waals surface area contributed by atoms with Crippen molar-refractivity contribution in [1.29, 1.82) is 0 Å². The number of allylic oxidation sites excluding steroid dienone is 2. The number of nitrogens with one attached hydrogen (secondary N) is 1. The molecular weight excluding hydrogens is 582 g/mol. The van der Waals surface area contributed by atoms with E-state index in [1.165, 1.54) is 161 Å². The Morgan fingerprint density at radius 3 is 1.30 bits per heavy atom. The molecule has 278 valence electrons. The summed E-state index contributed by atoms with van der Waals surface area (Å²) < 4.78 is 0. The molecule has 0 radical (unpaired) electrons.